The zero-order chi connectivity index (χ0) is 26.2. The number of carbonyl (C=O) groups excluding carboxylic acids is 2. The zero-order valence-corrected chi connectivity index (χ0v) is 23.4. The molecule has 0 unspecified atom stereocenters. The Morgan fingerprint density at radius 2 is 1.68 bits per heavy atom. The number of carbonyl (C=O) groups is 2. The lowest BCUT2D eigenvalue weighted by atomic mass is 10.0. The van der Waals surface area contributed by atoms with Gasteiger partial charge in [0.1, 0.15) is 11.8 Å². The lowest BCUT2D eigenvalue weighted by molar-refractivity contribution is -0.143. The second-order valence-corrected chi connectivity index (χ2v) is 11.0. The predicted octanol–water partition coefficient (Wildman–Crippen LogP) is 6.83. The summed E-state index contributed by atoms with van der Waals surface area (Å²) < 4.78 is 6.62. The maximum atomic E-state index is 13.7. The largest absolute Gasteiger partial charge is 0.482 e. The molecule has 0 spiro atoms. The summed E-state index contributed by atoms with van der Waals surface area (Å²) in [5.74, 6) is -0.0594. The Morgan fingerprint density at radius 3 is 2.35 bits per heavy atom. The van der Waals surface area contributed by atoms with Gasteiger partial charge in [0.15, 0.2) is 6.61 Å². The van der Waals surface area contributed by atoms with Gasteiger partial charge in [-0.2, -0.15) is 0 Å². The molecule has 37 heavy (non-hydrogen) atoms. The molecule has 194 valence electrons. The number of benzene rings is 3. The summed E-state index contributed by atoms with van der Waals surface area (Å²) in [5.41, 5.74) is 1.84. The number of nitrogens with one attached hydrogen (secondary N) is 1. The van der Waals surface area contributed by atoms with Crippen molar-refractivity contribution in [1.29, 1.82) is 0 Å². The minimum atomic E-state index is -0.713. The first kappa shape index (κ1) is 27.5. The van der Waals surface area contributed by atoms with Crippen molar-refractivity contribution in [3.05, 3.63) is 98.4 Å². The molecular formula is C29H29BrCl2N2O3. The lowest BCUT2D eigenvalue weighted by Crippen LogP contribution is -2.53. The highest BCUT2D eigenvalue weighted by molar-refractivity contribution is 9.10. The van der Waals surface area contributed by atoms with Crippen LogP contribution in [0.15, 0.2) is 77.3 Å². The number of ether oxygens (including phenoxy) is 1. The van der Waals surface area contributed by atoms with E-state index in [1.165, 1.54) is 0 Å². The molecule has 0 aromatic heterocycles. The Labute approximate surface area is 236 Å². The third-order valence-corrected chi connectivity index (χ3v) is 7.52. The average Bonchev–Trinajstić information content (AvgIpc) is 3.40. The number of hydrogen-bond donors (Lipinski definition) is 1. The van der Waals surface area contributed by atoms with E-state index >= 15 is 0 Å². The van der Waals surface area contributed by atoms with Crippen LogP contribution >= 0.6 is 39.1 Å². The van der Waals surface area contributed by atoms with Crippen molar-refractivity contribution in [1.82, 2.24) is 10.2 Å². The molecule has 0 heterocycles. The number of nitrogens with zero attached hydrogens (tertiary/aromatic N) is 1. The maximum absolute atomic E-state index is 13.7. The van der Waals surface area contributed by atoms with Crippen LogP contribution in [0.25, 0.3) is 0 Å². The van der Waals surface area contributed by atoms with E-state index in [0.29, 0.717) is 22.2 Å². The molecule has 4 rings (SSSR count). The minimum absolute atomic E-state index is 0.135. The van der Waals surface area contributed by atoms with Gasteiger partial charge in [-0.1, -0.05) is 94.4 Å². The molecule has 1 aliphatic carbocycles. The van der Waals surface area contributed by atoms with Crippen molar-refractivity contribution in [2.75, 3.05) is 6.61 Å². The van der Waals surface area contributed by atoms with E-state index in [2.05, 4.69) is 21.2 Å². The molecule has 0 saturated heterocycles. The molecule has 5 nitrogen and oxygen atoms in total. The smallest absolute Gasteiger partial charge is 0.261 e. The van der Waals surface area contributed by atoms with Crippen molar-refractivity contribution >= 4 is 50.9 Å². The van der Waals surface area contributed by atoms with Crippen molar-refractivity contribution in [3.8, 4) is 5.75 Å². The van der Waals surface area contributed by atoms with Gasteiger partial charge in [-0.25, -0.2) is 0 Å². The van der Waals surface area contributed by atoms with Gasteiger partial charge in [-0.15, -0.1) is 0 Å². The Balaban J connectivity index is 1.61. The maximum Gasteiger partial charge on any atom is 0.261 e. The first-order valence-corrected chi connectivity index (χ1v) is 13.9. The van der Waals surface area contributed by atoms with Gasteiger partial charge in [-0.3, -0.25) is 9.59 Å². The summed E-state index contributed by atoms with van der Waals surface area (Å²) in [5, 5.41) is 4.20. The van der Waals surface area contributed by atoms with Gasteiger partial charge >= 0.3 is 0 Å². The van der Waals surface area contributed by atoms with E-state index in [1.807, 2.05) is 42.5 Å². The summed E-state index contributed by atoms with van der Waals surface area (Å²) in [4.78, 5) is 29.0. The number of halogens is 3. The van der Waals surface area contributed by atoms with E-state index in [0.717, 1.165) is 41.3 Å². The molecule has 3 aromatic carbocycles. The molecule has 1 N–H and O–H groups in total. The minimum Gasteiger partial charge on any atom is -0.482 e. The highest BCUT2D eigenvalue weighted by Crippen LogP contribution is 2.28. The monoisotopic (exact) mass is 602 g/mol. The fraction of sp³-hybridized carbons (Fsp3) is 0.310. The lowest BCUT2D eigenvalue weighted by Gasteiger charge is -2.32. The topological polar surface area (TPSA) is 58.6 Å². The van der Waals surface area contributed by atoms with Crippen LogP contribution in [-0.2, 0) is 22.6 Å². The summed E-state index contributed by atoms with van der Waals surface area (Å²) in [6.45, 7) is -0.0139. The normalized spacial score (nSPS) is 14.2. The summed E-state index contributed by atoms with van der Waals surface area (Å²) in [7, 11) is 0. The Kier molecular flexibility index (Phi) is 9.89. The van der Waals surface area contributed by atoms with Crippen LogP contribution in [0.4, 0.5) is 0 Å². The van der Waals surface area contributed by atoms with Gasteiger partial charge < -0.3 is 15.0 Å². The van der Waals surface area contributed by atoms with Crippen molar-refractivity contribution < 1.29 is 14.3 Å². The SMILES string of the molecule is O=C(NC1CCCC1)[C@@H](Cc1ccccc1)N(Cc1ccc(Cl)cc1)C(=O)COc1ccc(Br)cc1Cl. The Hall–Kier alpha value is -2.54. The summed E-state index contributed by atoms with van der Waals surface area (Å²) >= 11 is 15.8. The van der Waals surface area contributed by atoms with Crippen LogP contribution in [-0.4, -0.2) is 35.4 Å². The van der Waals surface area contributed by atoms with Crippen LogP contribution in [0, 0.1) is 0 Å². The third-order valence-electron chi connectivity index (χ3n) is 6.48. The predicted molar refractivity (Wildman–Crippen MR) is 151 cm³/mol. The fourth-order valence-corrected chi connectivity index (χ4v) is 5.38. The highest BCUT2D eigenvalue weighted by Gasteiger charge is 2.32. The van der Waals surface area contributed by atoms with Crippen molar-refractivity contribution in [2.45, 2.75) is 50.7 Å². The molecule has 8 heteroatoms. The van der Waals surface area contributed by atoms with Gasteiger partial charge in [0.2, 0.25) is 5.91 Å². The molecule has 1 saturated carbocycles. The van der Waals surface area contributed by atoms with E-state index in [9.17, 15) is 9.59 Å². The van der Waals surface area contributed by atoms with E-state index in [1.54, 1.807) is 35.2 Å². The molecule has 1 atom stereocenters. The van der Waals surface area contributed by atoms with Crippen LogP contribution < -0.4 is 10.1 Å². The van der Waals surface area contributed by atoms with Crippen LogP contribution in [0.3, 0.4) is 0 Å². The molecule has 1 fully saturated rings. The molecule has 0 aliphatic heterocycles. The van der Waals surface area contributed by atoms with Crippen LogP contribution in [0.2, 0.25) is 10.0 Å². The Morgan fingerprint density at radius 1 is 0.973 bits per heavy atom. The summed E-state index contributed by atoms with van der Waals surface area (Å²) in [6.07, 6.45) is 4.50. The average molecular weight is 604 g/mol. The third kappa shape index (κ3) is 7.97. The van der Waals surface area contributed by atoms with Crippen molar-refractivity contribution in [2.24, 2.45) is 0 Å². The van der Waals surface area contributed by atoms with Gasteiger partial charge in [0, 0.05) is 28.5 Å². The highest BCUT2D eigenvalue weighted by atomic mass is 79.9. The molecule has 1 aliphatic rings. The molecule has 2 amide bonds. The van der Waals surface area contributed by atoms with Crippen LogP contribution in [0.5, 0.6) is 5.75 Å². The van der Waals surface area contributed by atoms with Gasteiger partial charge in [-0.05, 0) is 54.3 Å². The van der Waals surface area contributed by atoms with E-state index in [4.69, 9.17) is 27.9 Å². The van der Waals surface area contributed by atoms with Gasteiger partial charge in [0.25, 0.3) is 5.91 Å². The first-order valence-electron chi connectivity index (χ1n) is 12.3. The first-order chi connectivity index (χ1) is 17.9. The molecular weight excluding hydrogens is 575 g/mol. The number of rotatable bonds is 10. The quantitative estimate of drug-likeness (QED) is 0.276. The van der Waals surface area contributed by atoms with Crippen molar-refractivity contribution in [3.63, 3.8) is 0 Å². The van der Waals surface area contributed by atoms with E-state index in [-0.39, 0.29) is 31.0 Å². The number of amides is 2. The zero-order valence-electron chi connectivity index (χ0n) is 20.3. The standard InChI is InChI=1S/C29H29BrCl2N2O3/c30-22-12-15-27(25(32)17-22)37-19-28(35)34(18-21-10-13-23(31)14-11-21)26(16-20-6-2-1-3-7-20)29(36)33-24-8-4-5-9-24/h1-3,6-7,10-15,17,24,26H,4-5,8-9,16,18-19H2,(H,33,36)/t26-/m1/s1. The molecule has 0 radical (unpaired) electrons. The number of hydrogen-bond acceptors (Lipinski definition) is 3. The van der Waals surface area contributed by atoms with Crippen LogP contribution in [0.1, 0.15) is 36.8 Å². The fourth-order valence-electron chi connectivity index (χ4n) is 4.52. The summed E-state index contributed by atoms with van der Waals surface area (Å²) in [6, 6.07) is 21.7. The van der Waals surface area contributed by atoms with E-state index < -0.39 is 6.04 Å². The molecule has 3 aromatic rings. The van der Waals surface area contributed by atoms with Gasteiger partial charge in [0.05, 0.1) is 5.02 Å². The second-order valence-electron chi connectivity index (χ2n) is 9.21. The Bertz CT molecular complexity index is 1200. The molecule has 0 bridgehead atoms. The second kappa shape index (κ2) is 13.3.